The number of hydrogen-bond donors (Lipinski definition) is 2. The highest BCUT2D eigenvalue weighted by atomic mass is 35.5. The Morgan fingerprint density at radius 2 is 2.03 bits per heavy atom. The van der Waals surface area contributed by atoms with Crippen molar-refractivity contribution in [1.82, 2.24) is 24.6 Å². The van der Waals surface area contributed by atoms with Gasteiger partial charge in [0.15, 0.2) is 10.8 Å². The first-order valence-corrected chi connectivity index (χ1v) is 11.5. The molecule has 0 unspecified atom stereocenters. The molecule has 2 N–H and O–H groups in total. The molecular formula is C21H18Cl2N6O4S. The van der Waals surface area contributed by atoms with Crippen molar-refractivity contribution in [3.8, 4) is 11.1 Å². The molecule has 0 fully saturated rings. The third-order valence-electron chi connectivity index (χ3n) is 4.84. The molecule has 13 heteroatoms. The Morgan fingerprint density at radius 1 is 1.29 bits per heavy atom. The molecule has 1 amide bonds. The largest absolute Gasteiger partial charge is 0.412 e. The molecule has 3 aromatic heterocycles. The molecule has 34 heavy (non-hydrogen) atoms. The molecule has 0 spiro atoms. The maximum atomic E-state index is 13.2. The third-order valence-corrected chi connectivity index (χ3v) is 6.23. The van der Waals surface area contributed by atoms with E-state index in [2.05, 4.69) is 20.3 Å². The lowest BCUT2D eigenvalue weighted by molar-refractivity contribution is 0.0762. The Morgan fingerprint density at radius 3 is 2.71 bits per heavy atom. The number of amides is 1. The number of hydrogen-bond acceptors (Lipinski definition) is 9. The molecule has 0 atom stereocenters. The van der Waals surface area contributed by atoms with Crippen molar-refractivity contribution >= 4 is 62.6 Å². The lowest BCUT2D eigenvalue weighted by atomic mass is 10.1. The molecule has 0 bridgehead atoms. The summed E-state index contributed by atoms with van der Waals surface area (Å²) in [6, 6.07) is 6.57. The number of aliphatic hydroxyl groups excluding tert-OH is 1. The zero-order valence-corrected chi connectivity index (χ0v) is 20.3. The second-order valence-electron chi connectivity index (χ2n) is 7.02. The fraction of sp³-hybridized carbons (Fsp3) is 0.190. The van der Waals surface area contributed by atoms with E-state index in [1.54, 1.807) is 36.7 Å². The lowest BCUT2D eigenvalue weighted by Gasteiger charge is -2.13. The van der Waals surface area contributed by atoms with Gasteiger partial charge in [-0.05, 0) is 18.2 Å². The number of likely N-dealkylation sites (N-methyl/N-ethyl adjacent to an activating group) is 1. The number of aromatic nitrogens is 4. The van der Waals surface area contributed by atoms with E-state index in [0.717, 1.165) is 4.73 Å². The molecule has 0 saturated carbocycles. The number of anilines is 2. The van der Waals surface area contributed by atoms with Gasteiger partial charge in [0.1, 0.15) is 12.8 Å². The first kappa shape index (κ1) is 23.9. The summed E-state index contributed by atoms with van der Waals surface area (Å²) in [4.78, 5) is 45.1. The van der Waals surface area contributed by atoms with Crippen molar-refractivity contribution < 1.29 is 14.7 Å². The molecule has 10 nitrogen and oxygen atoms in total. The molecule has 0 aliphatic heterocycles. The van der Waals surface area contributed by atoms with E-state index < -0.39 is 5.56 Å². The van der Waals surface area contributed by atoms with Crippen LogP contribution in [0.1, 0.15) is 10.5 Å². The number of halogens is 2. The van der Waals surface area contributed by atoms with Crippen molar-refractivity contribution in [2.45, 2.75) is 0 Å². The van der Waals surface area contributed by atoms with E-state index >= 15 is 0 Å². The van der Waals surface area contributed by atoms with Gasteiger partial charge in [-0.15, -0.1) is 16.1 Å². The number of pyridine rings is 1. The van der Waals surface area contributed by atoms with Crippen LogP contribution in [-0.4, -0.2) is 62.9 Å². The van der Waals surface area contributed by atoms with Gasteiger partial charge >= 0.3 is 0 Å². The van der Waals surface area contributed by atoms with Gasteiger partial charge in [-0.2, -0.15) is 4.98 Å². The lowest BCUT2D eigenvalue weighted by Crippen LogP contribution is -2.29. The number of carbonyl (C=O) groups is 1. The first-order valence-electron chi connectivity index (χ1n) is 9.84. The van der Waals surface area contributed by atoms with E-state index in [4.69, 9.17) is 33.1 Å². The number of thiazole rings is 1. The zero-order chi connectivity index (χ0) is 24.4. The van der Waals surface area contributed by atoms with Crippen LogP contribution in [0, 0.1) is 0 Å². The Balaban J connectivity index is 1.70. The highest BCUT2D eigenvalue weighted by Gasteiger charge is 2.19. The van der Waals surface area contributed by atoms with Gasteiger partial charge in [0.25, 0.3) is 11.5 Å². The summed E-state index contributed by atoms with van der Waals surface area (Å²) in [5.41, 5.74) is 0.566. The minimum atomic E-state index is -0.497. The van der Waals surface area contributed by atoms with Crippen molar-refractivity contribution in [2.24, 2.45) is 0 Å². The van der Waals surface area contributed by atoms with E-state index in [0.29, 0.717) is 26.1 Å². The van der Waals surface area contributed by atoms with Crippen LogP contribution >= 0.6 is 34.5 Å². The van der Waals surface area contributed by atoms with Crippen LogP contribution in [-0.2, 0) is 0 Å². The summed E-state index contributed by atoms with van der Waals surface area (Å²) in [7, 11) is 2.92. The van der Waals surface area contributed by atoms with Gasteiger partial charge in [-0.25, -0.2) is 9.97 Å². The summed E-state index contributed by atoms with van der Waals surface area (Å²) in [6.07, 6.45) is 1.52. The van der Waals surface area contributed by atoms with Crippen molar-refractivity contribution in [3.63, 3.8) is 0 Å². The molecule has 1 aromatic carbocycles. The standard InChI is InChI=1S/C21H18Cl2N6O4S/c1-28(6-7-30)19(32)15-10-34-21(25-15)27-20-24-9-11-8-12(16-13(22)4-3-5-14(16)23)18(31)29(33-2)17(11)26-20/h3-5,8-10,30H,6-7H2,1-2H3,(H,24,25,26,27). The van der Waals surface area contributed by atoms with Crippen LogP contribution in [0.2, 0.25) is 10.0 Å². The van der Waals surface area contributed by atoms with Gasteiger partial charge in [0.2, 0.25) is 5.95 Å². The Bertz CT molecular complexity index is 1420. The quantitative estimate of drug-likeness (QED) is 0.381. The Kier molecular flexibility index (Phi) is 6.98. The molecule has 3 heterocycles. The van der Waals surface area contributed by atoms with Gasteiger partial charge in [0.05, 0.1) is 22.2 Å². The number of rotatable bonds is 7. The van der Waals surface area contributed by atoms with Gasteiger partial charge in [-0.3, -0.25) is 14.9 Å². The van der Waals surface area contributed by atoms with Crippen LogP contribution in [0.25, 0.3) is 22.2 Å². The summed E-state index contributed by atoms with van der Waals surface area (Å²) >= 11 is 13.8. The van der Waals surface area contributed by atoms with Crippen molar-refractivity contribution in [3.05, 3.63) is 61.9 Å². The molecular weight excluding hydrogens is 503 g/mol. The monoisotopic (exact) mass is 520 g/mol. The van der Waals surface area contributed by atoms with Crippen molar-refractivity contribution in [2.75, 3.05) is 32.6 Å². The second-order valence-corrected chi connectivity index (χ2v) is 8.70. The number of benzene rings is 1. The van der Waals surface area contributed by atoms with Crippen LogP contribution in [0.4, 0.5) is 11.1 Å². The van der Waals surface area contributed by atoms with Gasteiger partial charge in [0, 0.05) is 36.1 Å². The average molecular weight is 521 g/mol. The highest BCUT2D eigenvalue weighted by Crippen LogP contribution is 2.33. The Hall–Kier alpha value is -3.25. The van der Waals surface area contributed by atoms with Gasteiger partial charge < -0.3 is 14.8 Å². The minimum absolute atomic E-state index is 0.145. The first-order chi connectivity index (χ1) is 16.3. The topological polar surface area (TPSA) is 122 Å². The van der Waals surface area contributed by atoms with E-state index in [1.807, 2.05) is 0 Å². The summed E-state index contributed by atoms with van der Waals surface area (Å²) in [5.74, 6) is -0.171. The average Bonchev–Trinajstić information content (AvgIpc) is 3.27. The number of nitrogens with zero attached hydrogens (tertiary/aromatic N) is 5. The fourth-order valence-electron chi connectivity index (χ4n) is 3.21. The molecule has 0 radical (unpaired) electrons. The van der Waals surface area contributed by atoms with Crippen molar-refractivity contribution in [1.29, 1.82) is 0 Å². The molecule has 4 aromatic rings. The predicted molar refractivity (Wildman–Crippen MR) is 131 cm³/mol. The molecule has 4 rings (SSSR count). The maximum absolute atomic E-state index is 13.2. The van der Waals surface area contributed by atoms with Crippen LogP contribution in [0.3, 0.4) is 0 Å². The Labute approximate surface area is 207 Å². The smallest absolute Gasteiger partial charge is 0.293 e. The number of aliphatic hydroxyl groups is 1. The zero-order valence-electron chi connectivity index (χ0n) is 18.0. The molecule has 0 saturated heterocycles. The molecule has 0 aliphatic rings. The number of fused-ring (bicyclic) bond motifs is 1. The van der Waals surface area contributed by atoms with Crippen LogP contribution in [0.5, 0.6) is 0 Å². The minimum Gasteiger partial charge on any atom is -0.412 e. The molecule has 176 valence electrons. The van der Waals surface area contributed by atoms with Crippen LogP contribution < -0.4 is 15.7 Å². The van der Waals surface area contributed by atoms with E-state index in [9.17, 15) is 9.59 Å². The van der Waals surface area contributed by atoms with E-state index in [1.165, 1.54) is 29.5 Å². The molecule has 0 aliphatic carbocycles. The third kappa shape index (κ3) is 4.55. The summed E-state index contributed by atoms with van der Waals surface area (Å²) in [5, 5.41) is 15.1. The SMILES string of the molecule is COn1c(=O)c(-c2c(Cl)cccc2Cl)cc2cnc(Nc3nc(C(=O)N(C)CCO)cs3)nc21. The normalized spacial score (nSPS) is 11.0. The second kappa shape index (κ2) is 9.94. The maximum Gasteiger partial charge on any atom is 0.293 e. The summed E-state index contributed by atoms with van der Waals surface area (Å²) < 4.78 is 1.03. The van der Waals surface area contributed by atoms with E-state index in [-0.39, 0.29) is 41.9 Å². The fourth-order valence-corrected chi connectivity index (χ4v) is 4.48. The highest BCUT2D eigenvalue weighted by molar-refractivity contribution is 7.14. The van der Waals surface area contributed by atoms with Gasteiger partial charge in [-0.1, -0.05) is 29.3 Å². The number of carbonyl (C=O) groups excluding carboxylic acids is 1. The number of nitrogens with one attached hydrogen (secondary N) is 1. The van der Waals surface area contributed by atoms with Crippen LogP contribution in [0.15, 0.2) is 40.6 Å². The predicted octanol–water partition coefficient (Wildman–Crippen LogP) is 3.09. The summed E-state index contributed by atoms with van der Waals surface area (Å²) in [6.45, 7) is 0.0524.